The van der Waals surface area contributed by atoms with Crippen molar-refractivity contribution in [1.82, 2.24) is 4.90 Å². The van der Waals surface area contributed by atoms with Crippen molar-refractivity contribution >= 4 is 0 Å². The number of nitrogens with zero attached hydrogens (tertiary/aromatic N) is 1. The van der Waals surface area contributed by atoms with Crippen LogP contribution in [0.15, 0.2) is 24.3 Å². The highest BCUT2D eigenvalue weighted by Crippen LogP contribution is 2.40. The van der Waals surface area contributed by atoms with Gasteiger partial charge >= 0.3 is 6.18 Å². The van der Waals surface area contributed by atoms with Crippen LogP contribution in [0.2, 0.25) is 0 Å². The summed E-state index contributed by atoms with van der Waals surface area (Å²) in [7, 11) is 0. The van der Waals surface area contributed by atoms with Gasteiger partial charge in [-0.25, -0.2) is 4.39 Å². The number of alkyl halides is 3. The highest BCUT2D eigenvalue weighted by molar-refractivity contribution is 5.16. The predicted octanol–water partition coefficient (Wildman–Crippen LogP) is 3.35. The minimum atomic E-state index is -4.60. The van der Waals surface area contributed by atoms with Crippen LogP contribution in [-0.2, 0) is 6.54 Å². The van der Waals surface area contributed by atoms with E-state index in [0.717, 1.165) is 12.5 Å². The van der Waals surface area contributed by atoms with Gasteiger partial charge in [-0.05, 0) is 56.5 Å². The highest BCUT2D eigenvalue weighted by Gasteiger charge is 2.54. The van der Waals surface area contributed by atoms with E-state index in [-0.39, 0.29) is 5.82 Å². The summed E-state index contributed by atoms with van der Waals surface area (Å²) in [5, 5.41) is 9.70. The third-order valence-corrected chi connectivity index (χ3v) is 4.28. The first-order valence-corrected chi connectivity index (χ1v) is 6.96. The molecule has 6 heteroatoms. The minimum Gasteiger partial charge on any atom is -0.380 e. The lowest BCUT2D eigenvalue weighted by Gasteiger charge is -2.40. The third kappa shape index (κ3) is 3.74. The Bertz CT molecular complexity index is 462. The maximum Gasteiger partial charge on any atom is 0.417 e. The quantitative estimate of drug-likeness (QED) is 0.866. The molecule has 1 atom stereocenters. The van der Waals surface area contributed by atoms with Crippen molar-refractivity contribution in [3.8, 4) is 0 Å². The zero-order valence-electron chi connectivity index (χ0n) is 11.8. The maximum atomic E-state index is 12.8. The van der Waals surface area contributed by atoms with Gasteiger partial charge in [0.25, 0.3) is 0 Å². The molecule has 1 fully saturated rings. The molecule has 0 spiro atoms. The van der Waals surface area contributed by atoms with Crippen molar-refractivity contribution in [2.24, 2.45) is 5.92 Å². The standard InChI is InChI=1S/C15H19F4NO/c1-14(21,15(17,18)19)12-6-8-20(9-7-12)10-11-2-4-13(16)5-3-11/h2-5,12,21H,6-10H2,1H3. The van der Waals surface area contributed by atoms with Crippen molar-refractivity contribution < 1.29 is 22.7 Å². The van der Waals surface area contributed by atoms with Crippen molar-refractivity contribution in [3.63, 3.8) is 0 Å². The van der Waals surface area contributed by atoms with Gasteiger partial charge in [0.1, 0.15) is 5.82 Å². The molecule has 0 amide bonds. The lowest BCUT2D eigenvalue weighted by atomic mass is 9.81. The molecule has 0 aliphatic carbocycles. The summed E-state index contributed by atoms with van der Waals surface area (Å²) in [5.41, 5.74) is -1.70. The van der Waals surface area contributed by atoms with Crippen LogP contribution in [0.4, 0.5) is 17.6 Å². The van der Waals surface area contributed by atoms with Crippen molar-refractivity contribution in [2.75, 3.05) is 13.1 Å². The lowest BCUT2D eigenvalue weighted by Crippen LogP contribution is -2.52. The first kappa shape index (κ1) is 16.2. The average molecular weight is 305 g/mol. The average Bonchev–Trinajstić information content (AvgIpc) is 2.41. The van der Waals surface area contributed by atoms with Crippen LogP contribution in [0.1, 0.15) is 25.3 Å². The van der Waals surface area contributed by atoms with Crippen LogP contribution in [0.5, 0.6) is 0 Å². The minimum absolute atomic E-state index is 0.299. The molecule has 0 radical (unpaired) electrons. The molecule has 1 unspecified atom stereocenters. The van der Waals surface area contributed by atoms with Gasteiger partial charge in [-0.2, -0.15) is 13.2 Å². The third-order valence-electron chi connectivity index (χ3n) is 4.28. The number of likely N-dealkylation sites (tertiary alicyclic amines) is 1. The van der Waals surface area contributed by atoms with Gasteiger partial charge in [-0.1, -0.05) is 12.1 Å². The Hall–Kier alpha value is -1.14. The molecule has 1 saturated heterocycles. The fraction of sp³-hybridized carbons (Fsp3) is 0.600. The van der Waals surface area contributed by atoms with Gasteiger partial charge in [0.15, 0.2) is 5.60 Å². The van der Waals surface area contributed by atoms with E-state index in [1.165, 1.54) is 12.1 Å². The molecule has 0 bridgehead atoms. The van der Waals surface area contributed by atoms with E-state index in [1.807, 2.05) is 4.90 Å². The number of hydrogen-bond acceptors (Lipinski definition) is 2. The van der Waals surface area contributed by atoms with Crippen molar-refractivity contribution in [1.29, 1.82) is 0 Å². The van der Waals surface area contributed by atoms with E-state index in [2.05, 4.69) is 0 Å². The molecule has 118 valence electrons. The highest BCUT2D eigenvalue weighted by atomic mass is 19.4. The summed E-state index contributed by atoms with van der Waals surface area (Å²) in [6.45, 7) is 2.43. The van der Waals surface area contributed by atoms with Crippen LogP contribution in [0, 0.1) is 11.7 Å². The number of piperidine rings is 1. The van der Waals surface area contributed by atoms with Crippen LogP contribution in [0.25, 0.3) is 0 Å². The molecule has 2 nitrogen and oxygen atoms in total. The molecular formula is C15H19F4NO. The predicted molar refractivity (Wildman–Crippen MR) is 71.1 cm³/mol. The molecular weight excluding hydrogens is 286 g/mol. The summed E-state index contributed by atoms with van der Waals surface area (Å²) in [4.78, 5) is 2.02. The first-order chi connectivity index (χ1) is 9.70. The summed E-state index contributed by atoms with van der Waals surface area (Å²) in [6.07, 6.45) is -4.00. The molecule has 1 aromatic rings. The largest absolute Gasteiger partial charge is 0.417 e. The number of halogens is 4. The second-order valence-corrected chi connectivity index (χ2v) is 5.82. The van der Waals surface area contributed by atoms with Gasteiger partial charge in [0.05, 0.1) is 0 Å². The van der Waals surface area contributed by atoms with Gasteiger partial charge in [-0.3, -0.25) is 4.90 Å². The van der Waals surface area contributed by atoms with E-state index in [1.54, 1.807) is 12.1 Å². The Morgan fingerprint density at radius 3 is 2.14 bits per heavy atom. The Labute approximate surface area is 121 Å². The van der Waals surface area contributed by atoms with Gasteiger partial charge in [0, 0.05) is 6.54 Å². The summed E-state index contributed by atoms with van der Waals surface area (Å²) in [5.74, 6) is -1.08. The molecule has 21 heavy (non-hydrogen) atoms. The van der Waals surface area contributed by atoms with E-state index in [0.29, 0.717) is 32.5 Å². The second-order valence-electron chi connectivity index (χ2n) is 5.82. The Balaban J connectivity index is 1.90. The van der Waals surface area contributed by atoms with Crippen LogP contribution in [0.3, 0.4) is 0 Å². The number of benzene rings is 1. The molecule has 1 aliphatic heterocycles. The van der Waals surface area contributed by atoms with Crippen LogP contribution < -0.4 is 0 Å². The van der Waals surface area contributed by atoms with E-state index in [4.69, 9.17) is 0 Å². The molecule has 1 aliphatic rings. The maximum absolute atomic E-state index is 12.8. The van der Waals surface area contributed by atoms with Gasteiger partial charge in [-0.15, -0.1) is 0 Å². The van der Waals surface area contributed by atoms with Crippen molar-refractivity contribution in [3.05, 3.63) is 35.6 Å². The monoisotopic (exact) mass is 305 g/mol. The molecule has 1 aromatic carbocycles. The zero-order valence-corrected chi connectivity index (χ0v) is 11.8. The summed E-state index contributed by atoms with van der Waals surface area (Å²) < 4.78 is 51.2. The van der Waals surface area contributed by atoms with E-state index < -0.39 is 17.7 Å². The zero-order chi connectivity index (χ0) is 15.7. The molecule has 0 saturated carbocycles. The molecule has 2 rings (SSSR count). The van der Waals surface area contributed by atoms with E-state index in [9.17, 15) is 22.7 Å². The number of hydrogen-bond donors (Lipinski definition) is 1. The smallest absolute Gasteiger partial charge is 0.380 e. The van der Waals surface area contributed by atoms with Crippen molar-refractivity contribution in [2.45, 2.75) is 38.1 Å². The Morgan fingerprint density at radius 2 is 1.67 bits per heavy atom. The Morgan fingerprint density at radius 1 is 1.14 bits per heavy atom. The second kappa shape index (κ2) is 5.93. The normalized spacial score (nSPS) is 21.2. The van der Waals surface area contributed by atoms with Gasteiger partial charge in [0.2, 0.25) is 0 Å². The first-order valence-electron chi connectivity index (χ1n) is 6.96. The number of aliphatic hydroxyl groups is 1. The molecule has 1 heterocycles. The molecule has 1 N–H and O–H groups in total. The fourth-order valence-corrected chi connectivity index (χ4v) is 2.73. The van der Waals surface area contributed by atoms with Crippen LogP contribution in [-0.4, -0.2) is 34.9 Å². The SMILES string of the molecule is CC(O)(C1CCN(Cc2ccc(F)cc2)CC1)C(F)(F)F. The van der Waals surface area contributed by atoms with Crippen LogP contribution >= 0.6 is 0 Å². The fourth-order valence-electron chi connectivity index (χ4n) is 2.73. The summed E-state index contributed by atoms with van der Waals surface area (Å²) >= 11 is 0. The number of rotatable bonds is 3. The summed E-state index contributed by atoms with van der Waals surface area (Å²) in [6, 6.07) is 6.09. The Kier molecular flexibility index (Phi) is 4.58. The van der Waals surface area contributed by atoms with Gasteiger partial charge < -0.3 is 5.11 Å². The molecule has 0 aromatic heterocycles. The topological polar surface area (TPSA) is 23.5 Å². The van der Waals surface area contributed by atoms with E-state index >= 15 is 0 Å². The lowest BCUT2D eigenvalue weighted by molar-refractivity contribution is -0.275.